The maximum absolute atomic E-state index is 13.2. The standard InChI is InChI=1S/C20H19ClF2N2O2/c21-16-8-18-17(26-20(22,23)27-18)7-15(16)13-3-4-19(24-9-13)25-10-14-6-11-1-2-12(14)5-11/h3-4,7-9,11-12,14H,1-2,5-6,10H2,(H,24,25)/t11-,12-,14+/m1/s1. The molecule has 2 bridgehead atoms. The summed E-state index contributed by atoms with van der Waals surface area (Å²) >= 11 is 6.23. The molecule has 27 heavy (non-hydrogen) atoms. The van der Waals surface area contributed by atoms with Gasteiger partial charge >= 0.3 is 6.29 Å². The highest BCUT2D eigenvalue weighted by Crippen LogP contribution is 2.48. The second kappa shape index (κ2) is 6.23. The number of aromatic nitrogens is 1. The Morgan fingerprint density at radius 2 is 1.96 bits per heavy atom. The number of alkyl halides is 2. The molecular weight excluding hydrogens is 374 g/mol. The predicted molar refractivity (Wildman–Crippen MR) is 98.3 cm³/mol. The number of anilines is 1. The quantitative estimate of drug-likeness (QED) is 0.738. The fraction of sp³-hybridized carbons (Fsp3) is 0.450. The summed E-state index contributed by atoms with van der Waals surface area (Å²) in [7, 11) is 0. The Labute approximate surface area is 160 Å². The van der Waals surface area contributed by atoms with Crippen LogP contribution in [0.2, 0.25) is 5.02 Å². The first kappa shape index (κ1) is 17.0. The molecule has 142 valence electrons. The first-order chi connectivity index (χ1) is 13.0. The third-order valence-electron chi connectivity index (χ3n) is 6.00. The normalized spacial score (nSPS) is 27.1. The monoisotopic (exact) mass is 392 g/mol. The number of pyridine rings is 1. The molecule has 1 aromatic heterocycles. The molecule has 1 N–H and O–H groups in total. The van der Waals surface area contributed by atoms with Crippen LogP contribution < -0.4 is 14.8 Å². The fourth-order valence-corrected chi connectivity index (χ4v) is 4.98. The fourth-order valence-electron chi connectivity index (χ4n) is 4.71. The van der Waals surface area contributed by atoms with Crippen molar-refractivity contribution in [2.45, 2.75) is 32.0 Å². The third-order valence-corrected chi connectivity index (χ3v) is 6.31. The number of fused-ring (bicyclic) bond motifs is 3. The van der Waals surface area contributed by atoms with Crippen molar-refractivity contribution in [2.24, 2.45) is 17.8 Å². The van der Waals surface area contributed by atoms with Crippen LogP contribution in [0.4, 0.5) is 14.6 Å². The lowest BCUT2D eigenvalue weighted by Crippen LogP contribution is -2.25. The van der Waals surface area contributed by atoms with E-state index in [4.69, 9.17) is 11.6 Å². The Bertz CT molecular complexity index is 875. The molecule has 2 fully saturated rings. The number of rotatable bonds is 4. The van der Waals surface area contributed by atoms with Crippen LogP contribution in [0.3, 0.4) is 0 Å². The Balaban J connectivity index is 1.29. The van der Waals surface area contributed by atoms with E-state index in [-0.39, 0.29) is 11.5 Å². The van der Waals surface area contributed by atoms with E-state index in [0.29, 0.717) is 10.6 Å². The SMILES string of the molecule is FC1(F)Oc2cc(Cl)c(-c3ccc(NC[C@@H]4C[C@@H]5CC[C@@H]4C5)nc3)cc2O1. The van der Waals surface area contributed by atoms with E-state index in [0.717, 1.165) is 35.7 Å². The molecule has 3 aliphatic rings. The number of ether oxygens (including phenoxy) is 2. The minimum atomic E-state index is -3.66. The van der Waals surface area contributed by atoms with Crippen molar-refractivity contribution in [3.63, 3.8) is 0 Å². The minimum absolute atomic E-state index is 0.0297. The maximum Gasteiger partial charge on any atom is 0.586 e. The second-order valence-corrected chi connectivity index (χ2v) is 8.10. The molecule has 0 spiro atoms. The third kappa shape index (κ3) is 3.20. The molecule has 5 rings (SSSR count). The lowest BCUT2D eigenvalue weighted by molar-refractivity contribution is -0.286. The second-order valence-electron chi connectivity index (χ2n) is 7.69. The van der Waals surface area contributed by atoms with Crippen LogP contribution >= 0.6 is 11.6 Å². The molecule has 1 aromatic carbocycles. The van der Waals surface area contributed by atoms with Crippen LogP contribution in [0, 0.1) is 17.8 Å². The van der Waals surface area contributed by atoms with E-state index in [1.54, 1.807) is 6.20 Å². The molecule has 2 saturated carbocycles. The molecule has 0 radical (unpaired) electrons. The van der Waals surface area contributed by atoms with Crippen LogP contribution in [-0.4, -0.2) is 17.8 Å². The highest BCUT2D eigenvalue weighted by atomic mass is 35.5. The van der Waals surface area contributed by atoms with Crippen molar-refractivity contribution >= 4 is 17.4 Å². The Morgan fingerprint density at radius 3 is 2.63 bits per heavy atom. The molecule has 2 aromatic rings. The van der Waals surface area contributed by atoms with Gasteiger partial charge in [-0.05, 0) is 55.2 Å². The predicted octanol–water partition coefficient (Wildman–Crippen LogP) is 5.57. The van der Waals surface area contributed by atoms with Gasteiger partial charge in [-0.2, -0.15) is 0 Å². The van der Waals surface area contributed by atoms with Crippen molar-refractivity contribution in [3.8, 4) is 22.6 Å². The molecule has 2 heterocycles. The smallest absolute Gasteiger partial charge is 0.395 e. The molecular formula is C20H19ClF2N2O2. The molecule has 7 heteroatoms. The van der Waals surface area contributed by atoms with Crippen LogP contribution in [0.1, 0.15) is 25.7 Å². The lowest BCUT2D eigenvalue weighted by atomic mass is 9.89. The van der Waals surface area contributed by atoms with E-state index < -0.39 is 6.29 Å². The van der Waals surface area contributed by atoms with Gasteiger partial charge in [-0.15, -0.1) is 8.78 Å². The highest BCUT2D eigenvalue weighted by Gasteiger charge is 2.44. The largest absolute Gasteiger partial charge is 0.586 e. The van der Waals surface area contributed by atoms with Crippen LogP contribution in [0.5, 0.6) is 11.5 Å². The Morgan fingerprint density at radius 1 is 1.15 bits per heavy atom. The first-order valence-corrected chi connectivity index (χ1v) is 9.64. The molecule has 3 atom stereocenters. The average molecular weight is 393 g/mol. The van der Waals surface area contributed by atoms with E-state index in [2.05, 4.69) is 19.8 Å². The van der Waals surface area contributed by atoms with E-state index in [1.165, 1.54) is 37.8 Å². The van der Waals surface area contributed by atoms with Gasteiger partial charge in [-0.25, -0.2) is 4.98 Å². The van der Waals surface area contributed by atoms with E-state index >= 15 is 0 Å². The van der Waals surface area contributed by atoms with Crippen molar-refractivity contribution in [1.82, 2.24) is 4.98 Å². The van der Waals surface area contributed by atoms with Gasteiger partial charge in [-0.1, -0.05) is 18.0 Å². The number of benzene rings is 1. The molecule has 4 nitrogen and oxygen atoms in total. The van der Waals surface area contributed by atoms with E-state index in [9.17, 15) is 8.78 Å². The summed E-state index contributed by atoms with van der Waals surface area (Å²) in [4.78, 5) is 4.45. The topological polar surface area (TPSA) is 43.4 Å². The zero-order chi connectivity index (χ0) is 18.6. The highest BCUT2D eigenvalue weighted by molar-refractivity contribution is 6.33. The summed E-state index contributed by atoms with van der Waals surface area (Å²) in [5.74, 6) is 3.26. The van der Waals surface area contributed by atoms with Gasteiger partial charge < -0.3 is 14.8 Å². The van der Waals surface area contributed by atoms with Crippen LogP contribution in [-0.2, 0) is 0 Å². The van der Waals surface area contributed by atoms with Crippen molar-refractivity contribution in [3.05, 3.63) is 35.5 Å². The van der Waals surface area contributed by atoms with Gasteiger partial charge in [0.2, 0.25) is 0 Å². The van der Waals surface area contributed by atoms with Crippen molar-refractivity contribution in [1.29, 1.82) is 0 Å². The lowest BCUT2D eigenvalue weighted by Gasteiger charge is -2.22. The van der Waals surface area contributed by atoms with Crippen LogP contribution in [0.15, 0.2) is 30.5 Å². The maximum atomic E-state index is 13.2. The number of halogens is 3. The van der Waals surface area contributed by atoms with Gasteiger partial charge in [0.1, 0.15) is 5.82 Å². The first-order valence-electron chi connectivity index (χ1n) is 9.26. The van der Waals surface area contributed by atoms with Gasteiger partial charge in [0.25, 0.3) is 0 Å². The summed E-state index contributed by atoms with van der Waals surface area (Å²) < 4.78 is 35.4. The molecule has 0 unspecified atom stereocenters. The van der Waals surface area contributed by atoms with Gasteiger partial charge in [0, 0.05) is 29.9 Å². The zero-order valence-electron chi connectivity index (χ0n) is 14.6. The number of hydrogen-bond acceptors (Lipinski definition) is 4. The number of hydrogen-bond donors (Lipinski definition) is 1. The number of nitrogens with zero attached hydrogens (tertiary/aromatic N) is 1. The summed E-state index contributed by atoms with van der Waals surface area (Å²) in [6.45, 7) is 0.952. The minimum Gasteiger partial charge on any atom is -0.395 e. The molecule has 2 aliphatic carbocycles. The number of nitrogens with one attached hydrogen (secondary N) is 1. The Kier molecular flexibility index (Phi) is 3.93. The molecule has 0 amide bonds. The van der Waals surface area contributed by atoms with Crippen molar-refractivity contribution in [2.75, 3.05) is 11.9 Å². The Hall–Kier alpha value is -2.08. The average Bonchev–Trinajstić information content (AvgIpc) is 3.32. The molecule has 0 saturated heterocycles. The van der Waals surface area contributed by atoms with E-state index in [1.807, 2.05) is 12.1 Å². The van der Waals surface area contributed by atoms with Gasteiger partial charge in [0.15, 0.2) is 11.5 Å². The van der Waals surface area contributed by atoms with Gasteiger partial charge in [0.05, 0.1) is 5.02 Å². The van der Waals surface area contributed by atoms with Gasteiger partial charge in [-0.3, -0.25) is 0 Å². The summed E-state index contributed by atoms with van der Waals surface area (Å²) in [6.07, 6.45) is 3.51. The summed E-state index contributed by atoms with van der Waals surface area (Å²) in [6, 6.07) is 6.56. The van der Waals surface area contributed by atoms with Crippen LogP contribution in [0.25, 0.3) is 11.1 Å². The summed E-state index contributed by atoms with van der Waals surface area (Å²) in [5.41, 5.74) is 1.30. The van der Waals surface area contributed by atoms with Crippen molar-refractivity contribution < 1.29 is 18.3 Å². The molecule has 1 aliphatic heterocycles. The summed E-state index contributed by atoms with van der Waals surface area (Å²) in [5, 5.41) is 3.73. The zero-order valence-corrected chi connectivity index (χ0v) is 15.3.